The Labute approximate surface area is 190 Å². The zero-order valence-electron chi connectivity index (χ0n) is 19.0. The first-order valence-electron chi connectivity index (χ1n) is 10.9. The number of hydrogen-bond acceptors (Lipinski definition) is 4. The first kappa shape index (κ1) is 23.8. The van der Waals surface area contributed by atoms with Crippen LogP contribution < -0.4 is 10.0 Å². The minimum Gasteiger partial charge on any atom is -0.352 e. The lowest BCUT2D eigenvalue weighted by Gasteiger charge is -2.25. The van der Waals surface area contributed by atoms with E-state index in [0.717, 1.165) is 18.4 Å². The maximum atomic E-state index is 13.2. The topological polar surface area (TPSA) is 95.6 Å². The van der Waals surface area contributed by atoms with Crippen molar-refractivity contribution < 1.29 is 18.0 Å². The van der Waals surface area contributed by atoms with Crippen molar-refractivity contribution in [1.29, 1.82) is 0 Å². The largest absolute Gasteiger partial charge is 0.352 e. The van der Waals surface area contributed by atoms with Gasteiger partial charge in [-0.05, 0) is 69.9 Å². The van der Waals surface area contributed by atoms with Crippen LogP contribution in [0.5, 0.6) is 0 Å². The van der Waals surface area contributed by atoms with Gasteiger partial charge in [0.25, 0.3) is 15.9 Å². The average Bonchev–Trinajstić information content (AvgIpc) is 3.22. The number of aryl methyl sites for hydroxylation is 2. The number of nitrogens with one attached hydrogen (secondary N) is 2. The van der Waals surface area contributed by atoms with Gasteiger partial charge in [0.15, 0.2) is 0 Å². The summed E-state index contributed by atoms with van der Waals surface area (Å²) in [7, 11) is -3.80. The minimum atomic E-state index is -3.80. The summed E-state index contributed by atoms with van der Waals surface area (Å²) in [4.78, 5) is 27.6. The molecule has 2 aromatic rings. The van der Waals surface area contributed by atoms with E-state index in [0.29, 0.717) is 29.8 Å². The third kappa shape index (κ3) is 5.30. The molecule has 0 spiro atoms. The van der Waals surface area contributed by atoms with Crippen LogP contribution in [0.15, 0.2) is 47.4 Å². The molecule has 1 aliphatic rings. The Kier molecular flexibility index (Phi) is 7.23. The fourth-order valence-electron chi connectivity index (χ4n) is 3.92. The Morgan fingerprint density at radius 3 is 2.59 bits per heavy atom. The minimum absolute atomic E-state index is 0.0445. The zero-order chi connectivity index (χ0) is 23.5. The number of carbonyl (C=O) groups excluding carboxylic acids is 2. The van der Waals surface area contributed by atoms with Crippen LogP contribution in [0, 0.1) is 13.8 Å². The molecule has 0 saturated carbocycles. The zero-order valence-corrected chi connectivity index (χ0v) is 19.8. The molecule has 32 heavy (non-hydrogen) atoms. The van der Waals surface area contributed by atoms with E-state index in [2.05, 4.69) is 10.0 Å². The highest BCUT2D eigenvalue weighted by molar-refractivity contribution is 7.92. The molecule has 8 heteroatoms. The van der Waals surface area contributed by atoms with E-state index in [4.69, 9.17) is 0 Å². The number of rotatable bonds is 7. The van der Waals surface area contributed by atoms with Crippen molar-refractivity contribution in [3.05, 3.63) is 59.2 Å². The lowest BCUT2D eigenvalue weighted by molar-refractivity contribution is -0.125. The summed E-state index contributed by atoms with van der Waals surface area (Å²) in [5, 5.41) is 2.95. The lowest BCUT2D eigenvalue weighted by atomic mass is 10.1. The second-order valence-corrected chi connectivity index (χ2v) is 10.1. The number of hydrogen-bond donors (Lipinski definition) is 2. The Bertz CT molecular complexity index is 1110. The van der Waals surface area contributed by atoms with E-state index >= 15 is 0 Å². The molecule has 0 bridgehead atoms. The molecule has 0 unspecified atom stereocenters. The van der Waals surface area contributed by atoms with Crippen molar-refractivity contribution in [2.24, 2.45) is 0 Å². The maximum absolute atomic E-state index is 13.2. The molecule has 2 amide bonds. The summed E-state index contributed by atoms with van der Waals surface area (Å²) in [6, 6.07) is 11.1. The Morgan fingerprint density at radius 1 is 1.16 bits per heavy atom. The van der Waals surface area contributed by atoms with Crippen LogP contribution in [0.1, 0.15) is 54.6 Å². The van der Waals surface area contributed by atoms with E-state index in [-0.39, 0.29) is 22.8 Å². The summed E-state index contributed by atoms with van der Waals surface area (Å²) in [5.41, 5.74) is 2.27. The lowest BCUT2D eigenvalue weighted by Crippen LogP contribution is -2.48. The molecule has 1 saturated heterocycles. The smallest absolute Gasteiger partial charge is 0.262 e. The molecule has 3 rings (SSSR count). The molecule has 7 nitrogen and oxygen atoms in total. The van der Waals surface area contributed by atoms with E-state index in [1.165, 1.54) is 6.07 Å². The summed E-state index contributed by atoms with van der Waals surface area (Å²) in [6.07, 6.45) is 2.19. The number of nitrogens with zero attached hydrogens (tertiary/aromatic N) is 1. The molecule has 2 atom stereocenters. The van der Waals surface area contributed by atoms with Crippen LogP contribution >= 0.6 is 0 Å². The monoisotopic (exact) mass is 457 g/mol. The van der Waals surface area contributed by atoms with Crippen molar-refractivity contribution in [2.45, 2.75) is 63.9 Å². The van der Waals surface area contributed by atoms with Crippen LogP contribution in [0.3, 0.4) is 0 Å². The van der Waals surface area contributed by atoms with Gasteiger partial charge in [-0.25, -0.2) is 8.42 Å². The van der Waals surface area contributed by atoms with Gasteiger partial charge in [0.2, 0.25) is 5.91 Å². The SMILES string of the molecule is CC[C@H](C)NC(=O)[C@@H]1CCCN1C(=O)c1cccc(NS(=O)(=O)c2ccc(C)cc2C)c1. The summed E-state index contributed by atoms with van der Waals surface area (Å²) >= 11 is 0. The molecule has 2 N–H and O–H groups in total. The van der Waals surface area contributed by atoms with Crippen molar-refractivity contribution in [1.82, 2.24) is 10.2 Å². The molecule has 1 fully saturated rings. The quantitative estimate of drug-likeness (QED) is 0.664. The number of sulfonamides is 1. The standard InChI is InChI=1S/C24H31N3O4S/c1-5-18(4)25-23(28)21-10-7-13-27(21)24(29)19-8-6-9-20(15-19)26-32(30,31)22-12-11-16(2)14-17(22)3/h6,8-9,11-12,14-15,18,21,26H,5,7,10,13H2,1-4H3,(H,25,28)/t18-,21-/m0/s1. The van der Waals surface area contributed by atoms with Gasteiger partial charge in [0.1, 0.15) is 6.04 Å². The van der Waals surface area contributed by atoms with Gasteiger partial charge in [-0.3, -0.25) is 14.3 Å². The molecular weight excluding hydrogens is 426 g/mol. The molecule has 0 aromatic heterocycles. The van der Waals surface area contributed by atoms with Crippen LogP contribution in [0.2, 0.25) is 0 Å². The van der Waals surface area contributed by atoms with Gasteiger partial charge in [-0.1, -0.05) is 30.7 Å². The van der Waals surface area contributed by atoms with Crippen molar-refractivity contribution in [2.75, 3.05) is 11.3 Å². The molecule has 1 aliphatic heterocycles. The fourth-order valence-corrected chi connectivity index (χ4v) is 5.19. The third-order valence-electron chi connectivity index (χ3n) is 5.80. The summed E-state index contributed by atoms with van der Waals surface area (Å²) in [6.45, 7) is 8.08. The number of amides is 2. The van der Waals surface area contributed by atoms with Crippen LogP contribution in [0.4, 0.5) is 5.69 Å². The predicted octanol–water partition coefficient (Wildman–Crippen LogP) is 3.62. The van der Waals surface area contributed by atoms with Crippen LogP contribution in [-0.2, 0) is 14.8 Å². The van der Waals surface area contributed by atoms with E-state index in [1.54, 1.807) is 42.2 Å². The number of carbonyl (C=O) groups is 2. The first-order valence-corrected chi connectivity index (χ1v) is 12.4. The Hall–Kier alpha value is -2.87. The second-order valence-electron chi connectivity index (χ2n) is 8.43. The van der Waals surface area contributed by atoms with E-state index < -0.39 is 16.1 Å². The van der Waals surface area contributed by atoms with Gasteiger partial charge in [-0.2, -0.15) is 0 Å². The highest BCUT2D eigenvalue weighted by Crippen LogP contribution is 2.24. The number of benzene rings is 2. The average molecular weight is 458 g/mol. The summed E-state index contributed by atoms with van der Waals surface area (Å²) in [5.74, 6) is -0.420. The summed E-state index contributed by atoms with van der Waals surface area (Å²) < 4.78 is 28.3. The third-order valence-corrected chi connectivity index (χ3v) is 7.34. The second kappa shape index (κ2) is 9.73. The molecule has 0 radical (unpaired) electrons. The Balaban J connectivity index is 1.79. The predicted molar refractivity (Wildman–Crippen MR) is 125 cm³/mol. The van der Waals surface area contributed by atoms with Crippen molar-refractivity contribution >= 4 is 27.5 Å². The van der Waals surface area contributed by atoms with Gasteiger partial charge in [-0.15, -0.1) is 0 Å². The fraction of sp³-hybridized carbons (Fsp3) is 0.417. The van der Waals surface area contributed by atoms with Gasteiger partial charge in [0, 0.05) is 23.8 Å². The molecule has 172 valence electrons. The normalized spacial score (nSPS) is 17.1. The van der Waals surface area contributed by atoms with Crippen LogP contribution in [-0.4, -0.2) is 43.8 Å². The van der Waals surface area contributed by atoms with E-state index in [1.807, 2.05) is 26.8 Å². The van der Waals surface area contributed by atoms with E-state index in [9.17, 15) is 18.0 Å². The maximum Gasteiger partial charge on any atom is 0.262 e. The first-order chi connectivity index (χ1) is 15.1. The van der Waals surface area contributed by atoms with Crippen molar-refractivity contribution in [3.8, 4) is 0 Å². The Morgan fingerprint density at radius 2 is 1.91 bits per heavy atom. The number of likely N-dealkylation sites (tertiary alicyclic amines) is 1. The van der Waals surface area contributed by atoms with Crippen LogP contribution in [0.25, 0.3) is 0 Å². The molecule has 2 aromatic carbocycles. The van der Waals surface area contributed by atoms with Gasteiger partial charge < -0.3 is 10.2 Å². The highest BCUT2D eigenvalue weighted by atomic mass is 32.2. The van der Waals surface area contributed by atoms with Crippen molar-refractivity contribution in [3.63, 3.8) is 0 Å². The van der Waals surface area contributed by atoms with Gasteiger partial charge in [0.05, 0.1) is 4.90 Å². The molecule has 1 heterocycles. The van der Waals surface area contributed by atoms with Gasteiger partial charge >= 0.3 is 0 Å². The highest BCUT2D eigenvalue weighted by Gasteiger charge is 2.35. The molecule has 0 aliphatic carbocycles. The number of anilines is 1. The molecular formula is C24H31N3O4S.